The van der Waals surface area contributed by atoms with Crippen LogP contribution in [0.1, 0.15) is 31.7 Å². The lowest BCUT2D eigenvalue weighted by Crippen LogP contribution is -2.38. The van der Waals surface area contributed by atoms with Gasteiger partial charge in [0.1, 0.15) is 0 Å². The molecule has 0 saturated heterocycles. The topological polar surface area (TPSA) is 98.5 Å². The second-order valence-electron chi connectivity index (χ2n) is 6.43. The molecule has 29 heavy (non-hydrogen) atoms. The fourth-order valence-electron chi connectivity index (χ4n) is 2.68. The molecule has 2 atom stereocenters. The standard InChI is InChI=1S/C21H24N2O5S/c1-3-16(17-7-5-4-6-8-17)13-22-21(25)15(2)28-20(24)14-29-19-11-9-18(10-12-19)23(26)27/h4-12,15-16H,3,13-14H2,1-2H3,(H,22,25)/t15-,16-/m0/s1. The van der Waals surface area contributed by atoms with E-state index in [1.54, 1.807) is 12.1 Å². The molecule has 2 aromatic rings. The van der Waals surface area contributed by atoms with Crippen LogP contribution in [0.5, 0.6) is 0 Å². The van der Waals surface area contributed by atoms with Crippen molar-refractivity contribution < 1.29 is 19.2 Å². The maximum atomic E-state index is 12.2. The Morgan fingerprint density at radius 1 is 1.14 bits per heavy atom. The first kappa shape index (κ1) is 22.4. The molecule has 0 radical (unpaired) electrons. The van der Waals surface area contributed by atoms with Crippen LogP contribution in [0.15, 0.2) is 59.5 Å². The molecule has 0 fully saturated rings. The summed E-state index contributed by atoms with van der Waals surface area (Å²) in [4.78, 5) is 35.1. The number of esters is 1. The van der Waals surface area contributed by atoms with Crippen molar-refractivity contribution in [3.05, 3.63) is 70.3 Å². The summed E-state index contributed by atoms with van der Waals surface area (Å²) in [5.41, 5.74) is 1.14. The highest BCUT2D eigenvalue weighted by atomic mass is 32.2. The normalized spacial score (nSPS) is 12.6. The highest BCUT2D eigenvalue weighted by Crippen LogP contribution is 2.21. The fraction of sp³-hybridized carbons (Fsp3) is 0.333. The summed E-state index contributed by atoms with van der Waals surface area (Å²) in [5.74, 6) is -0.656. The van der Waals surface area contributed by atoms with E-state index in [1.165, 1.54) is 30.8 Å². The molecule has 0 bridgehead atoms. The van der Waals surface area contributed by atoms with E-state index in [4.69, 9.17) is 4.74 Å². The Kier molecular flexibility index (Phi) is 8.67. The Hall–Kier alpha value is -2.87. The van der Waals surface area contributed by atoms with Gasteiger partial charge in [-0.15, -0.1) is 11.8 Å². The minimum absolute atomic E-state index is 0.0109. The van der Waals surface area contributed by atoms with Crippen molar-refractivity contribution in [2.24, 2.45) is 0 Å². The number of thioether (sulfide) groups is 1. The molecule has 0 spiro atoms. The first-order valence-electron chi connectivity index (χ1n) is 9.30. The van der Waals surface area contributed by atoms with Gasteiger partial charge in [-0.3, -0.25) is 19.7 Å². The van der Waals surface area contributed by atoms with Crippen molar-refractivity contribution in [2.45, 2.75) is 37.2 Å². The summed E-state index contributed by atoms with van der Waals surface area (Å²) in [6, 6.07) is 15.8. The van der Waals surface area contributed by atoms with Gasteiger partial charge in [-0.25, -0.2) is 0 Å². The lowest BCUT2D eigenvalue weighted by molar-refractivity contribution is -0.384. The van der Waals surface area contributed by atoms with Crippen molar-refractivity contribution >= 4 is 29.3 Å². The number of nitrogens with zero attached hydrogens (tertiary/aromatic N) is 1. The van der Waals surface area contributed by atoms with Crippen molar-refractivity contribution in [1.82, 2.24) is 5.32 Å². The maximum absolute atomic E-state index is 12.2. The quantitative estimate of drug-likeness (QED) is 0.273. The molecule has 0 aliphatic carbocycles. The van der Waals surface area contributed by atoms with Crippen LogP contribution in [0.25, 0.3) is 0 Å². The van der Waals surface area contributed by atoms with Gasteiger partial charge >= 0.3 is 5.97 Å². The molecule has 154 valence electrons. The van der Waals surface area contributed by atoms with E-state index >= 15 is 0 Å². The monoisotopic (exact) mass is 416 g/mol. The molecule has 0 saturated carbocycles. The summed E-state index contributed by atoms with van der Waals surface area (Å²) in [7, 11) is 0. The second kappa shape index (κ2) is 11.2. The zero-order valence-corrected chi connectivity index (χ0v) is 17.2. The Morgan fingerprint density at radius 3 is 2.38 bits per heavy atom. The first-order chi connectivity index (χ1) is 13.9. The van der Waals surface area contributed by atoms with Crippen molar-refractivity contribution in [3.8, 4) is 0 Å². The Bertz CT molecular complexity index is 827. The molecule has 1 amide bonds. The summed E-state index contributed by atoms with van der Waals surface area (Å²) in [5, 5.41) is 13.5. The van der Waals surface area contributed by atoms with Crippen LogP contribution in [0.4, 0.5) is 5.69 Å². The number of rotatable bonds is 10. The molecule has 2 rings (SSSR count). The third-order valence-corrected chi connectivity index (χ3v) is 5.35. The lowest BCUT2D eigenvalue weighted by Gasteiger charge is -2.18. The van der Waals surface area contributed by atoms with Crippen molar-refractivity contribution in [3.63, 3.8) is 0 Å². The van der Waals surface area contributed by atoms with Crippen molar-refractivity contribution in [2.75, 3.05) is 12.3 Å². The zero-order valence-electron chi connectivity index (χ0n) is 16.4. The number of carbonyl (C=O) groups is 2. The van der Waals surface area contributed by atoms with Gasteiger partial charge in [0.15, 0.2) is 6.10 Å². The summed E-state index contributed by atoms with van der Waals surface area (Å²) in [6.45, 7) is 4.06. The minimum Gasteiger partial charge on any atom is -0.452 e. The summed E-state index contributed by atoms with van der Waals surface area (Å²) >= 11 is 1.19. The fourth-order valence-corrected chi connectivity index (χ4v) is 3.36. The van der Waals surface area contributed by atoms with Crippen LogP contribution in [0.2, 0.25) is 0 Å². The average Bonchev–Trinajstić information content (AvgIpc) is 2.73. The van der Waals surface area contributed by atoms with Gasteiger partial charge < -0.3 is 10.1 Å². The Balaban J connectivity index is 1.76. The number of hydrogen-bond donors (Lipinski definition) is 1. The molecule has 8 heteroatoms. The molecule has 0 aliphatic heterocycles. The van der Waals surface area contributed by atoms with Gasteiger partial charge in [-0.1, -0.05) is 37.3 Å². The van der Waals surface area contributed by atoms with E-state index in [0.717, 1.165) is 12.0 Å². The van der Waals surface area contributed by atoms with Crippen LogP contribution in [-0.2, 0) is 14.3 Å². The molecule has 0 heterocycles. The number of ether oxygens (including phenoxy) is 1. The largest absolute Gasteiger partial charge is 0.452 e. The summed E-state index contributed by atoms with van der Waals surface area (Å²) in [6.07, 6.45) is -0.0158. The zero-order chi connectivity index (χ0) is 21.2. The van der Waals surface area contributed by atoms with E-state index in [1.807, 2.05) is 30.3 Å². The van der Waals surface area contributed by atoms with Crippen LogP contribution in [0.3, 0.4) is 0 Å². The molecule has 7 nitrogen and oxygen atoms in total. The van der Waals surface area contributed by atoms with Gasteiger partial charge in [-0.05, 0) is 31.0 Å². The number of benzene rings is 2. The maximum Gasteiger partial charge on any atom is 0.317 e. The van der Waals surface area contributed by atoms with Gasteiger partial charge in [0, 0.05) is 29.5 Å². The molecular formula is C21H24N2O5S. The van der Waals surface area contributed by atoms with Gasteiger partial charge in [0.2, 0.25) is 0 Å². The SMILES string of the molecule is CC[C@@H](CNC(=O)[C@H](C)OC(=O)CSc1ccc([N+](=O)[O-])cc1)c1ccccc1. The smallest absolute Gasteiger partial charge is 0.317 e. The average molecular weight is 416 g/mol. The highest BCUT2D eigenvalue weighted by Gasteiger charge is 2.19. The molecule has 0 aromatic heterocycles. The van der Waals surface area contributed by atoms with Crippen LogP contribution >= 0.6 is 11.8 Å². The van der Waals surface area contributed by atoms with E-state index in [2.05, 4.69) is 12.2 Å². The number of nitrogens with one attached hydrogen (secondary N) is 1. The Labute approximate surface area is 174 Å². The molecular weight excluding hydrogens is 392 g/mol. The number of nitro groups is 1. The van der Waals surface area contributed by atoms with Gasteiger partial charge in [0.25, 0.3) is 11.6 Å². The third kappa shape index (κ3) is 7.23. The summed E-state index contributed by atoms with van der Waals surface area (Å²) < 4.78 is 5.19. The molecule has 0 unspecified atom stereocenters. The van der Waals surface area contributed by atoms with E-state index in [-0.39, 0.29) is 23.3 Å². The second-order valence-corrected chi connectivity index (χ2v) is 7.48. The van der Waals surface area contributed by atoms with E-state index in [9.17, 15) is 19.7 Å². The highest BCUT2D eigenvalue weighted by molar-refractivity contribution is 8.00. The number of carbonyl (C=O) groups excluding carboxylic acids is 2. The first-order valence-corrected chi connectivity index (χ1v) is 10.3. The lowest BCUT2D eigenvalue weighted by atomic mass is 9.96. The van der Waals surface area contributed by atoms with E-state index < -0.39 is 17.0 Å². The molecule has 0 aliphatic rings. The third-order valence-electron chi connectivity index (χ3n) is 4.37. The van der Waals surface area contributed by atoms with Gasteiger partial charge in [0.05, 0.1) is 10.7 Å². The number of amides is 1. The van der Waals surface area contributed by atoms with E-state index in [0.29, 0.717) is 11.4 Å². The van der Waals surface area contributed by atoms with Crippen LogP contribution < -0.4 is 5.32 Å². The number of nitro benzene ring substituents is 1. The Morgan fingerprint density at radius 2 is 1.79 bits per heavy atom. The minimum atomic E-state index is -0.895. The van der Waals surface area contributed by atoms with Gasteiger partial charge in [-0.2, -0.15) is 0 Å². The predicted molar refractivity (Wildman–Crippen MR) is 112 cm³/mol. The molecule has 1 N–H and O–H groups in total. The predicted octanol–water partition coefficient (Wildman–Crippen LogP) is 3.93. The number of non-ortho nitro benzene ring substituents is 1. The molecule has 2 aromatic carbocycles. The number of hydrogen-bond acceptors (Lipinski definition) is 6. The van der Waals surface area contributed by atoms with Crippen LogP contribution in [0, 0.1) is 10.1 Å². The van der Waals surface area contributed by atoms with Crippen molar-refractivity contribution in [1.29, 1.82) is 0 Å². The van der Waals surface area contributed by atoms with Crippen LogP contribution in [-0.4, -0.2) is 35.2 Å².